The fourth-order valence-electron chi connectivity index (χ4n) is 2.56. The maximum Gasteiger partial charge on any atom is 0.113 e. The quantitative estimate of drug-likeness (QED) is 0.490. The number of rotatable bonds is 3. The number of aromatic amines is 1. The minimum Gasteiger partial charge on any atom is -0.394 e. The predicted molar refractivity (Wildman–Crippen MR) is 74.5 cm³/mol. The summed E-state index contributed by atoms with van der Waals surface area (Å²) in [5.74, 6) is 0. The van der Waals surface area contributed by atoms with Crippen LogP contribution in [0.25, 0.3) is 11.3 Å². The Morgan fingerprint density at radius 3 is 2.36 bits per heavy atom. The average Bonchev–Trinajstić information content (AvgIpc) is 3.08. The van der Waals surface area contributed by atoms with Crippen LogP contribution in [0.4, 0.5) is 0 Å². The Labute approximate surface area is 126 Å². The zero-order chi connectivity index (χ0) is 15.7. The van der Waals surface area contributed by atoms with Gasteiger partial charge in [-0.15, -0.1) is 0 Å². The molecule has 1 aliphatic rings. The lowest BCUT2D eigenvalue weighted by Gasteiger charge is -2.40. The number of nitrogens with zero attached hydrogens (tertiary/aromatic N) is 2. The van der Waals surface area contributed by atoms with Gasteiger partial charge in [-0.1, -0.05) is 24.3 Å². The number of aliphatic hydroxyl groups excluding tert-OH is 4. The molecule has 0 unspecified atom stereocenters. The van der Waals surface area contributed by atoms with Gasteiger partial charge in [-0.25, -0.2) is 0 Å². The van der Waals surface area contributed by atoms with Crippen molar-refractivity contribution < 1.29 is 25.2 Å². The molecule has 5 N–H and O–H groups in total. The normalized spacial score (nSPS) is 32.1. The Balaban J connectivity index is 1.83. The average molecular weight is 307 g/mol. The third kappa shape index (κ3) is 2.62. The van der Waals surface area contributed by atoms with Crippen molar-refractivity contribution >= 4 is 0 Å². The van der Waals surface area contributed by atoms with Crippen molar-refractivity contribution in [1.82, 2.24) is 15.4 Å². The van der Waals surface area contributed by atoms with E-state index in [9.17, 15) is 20.4 Å². The summed E-state index contributed by atoms with van der Waals surface area (Å²) in [5, 5.41) is 49.1. The highest BCUT2D eigenvalue weighted by Crippen LogP contribution is 2.33. The van der Waals surface area contributed by atoms with Gasteiger partial charge in [-0.2, -0.15) is 15.4 Å². The van der Waals surface area contributed by atoms with Gasteiger partial charge in [0.25, 0.3) is 0 Å². The molecule has 1 saturated heterocycles. The van der Waals surface area contributed by atoms with Gasteiger partial charge in [0, 0.05) is 5.56 Å². The van der Waals surface area contributed by atoms with E-state index >= 15 is 0 Å². The Morgan fingerprint density at radius 1 is 1.05 bits per heavy atom. The number of aliphatic hydroxyl groups is 4. The van der Waals surface area contributed by atoms with E-state index in [2.05, 4.69) is 15.4 Å². The van der Waals surface area contributed by atoms with E-state index < -0.39 is 37.1 Å². The Morgan fingerprint density at radius 2 is 1.77 bits per heavy atom. The molecule has 2 heterocycles. The van der Waals surface area contributed by atoms with Crippen LogP contribution in [0.1, 0.15) is 11.7 Å². The summed E-state index contributed by atoms with van der Waals surface area (Å²) in [6.45, 7) is -0.446. The number of ether oxygens (including phenoxy) is 1. The number of nitrogens with one attached hydrogen (secondary N) is 1. The lowest BCUT2D eigenvalue weighted by atomic mass is 9.91. The first-order valence-corrected chi connectivity index (χ1v) is 6.88. The summed E-state index contributed by atoms with van der Waals surface area (Å²) >= 11 is 0. The van der Waals surface area contributed by atoms with Gasteiger partial charge in [0.1, 0.15) is 36.2 Å². The second-order valence-electron chi connectivity index (χ2n) is 5.23. The summed E-state index contributed by atoms with van der Waals surface area (Å²) in [5.41, 5.74) is 2.14. The predicted octanol–water partition coefficient (Wildman–Crippen LogP) is -1.01. The van der Waals surface area contributed by atoms with Gasteiger partial charge in [0.15, 0.2) is 0 Å². The summed E-state index contributed by atoms with van der Waals surface area (Å²) < 4.78 is 5.50. The van der Waals surface area contributed by atoms with Crippen molar-refractivity contribution in [3.05, 3.63) is 36.0 Å². The molecule has 3 rings (SSSR count). The van der Waals surface area contributed by atoms with Crippen molar-refractivity contribution in [2.45, 2.75) is 30.5 Å². The first-order valence-electron chi connectivity index (χ1n) is 6.88. The lowest BCUT2D eigenvalue weighted by Crippen LogP contribution is -2.55. The van der Waals surface area contributed by atoms with E-state index in [1.54, 1.807) is 30.5 Å². The fraction of sp³-hybridized carbons (Fsp3) is 0.429. The minimum absolute atomic E-state index is 0.446. The molecule has 22 heavy (non-hydrogen) atoms. The van der Waals surface area contributed by atoms with Crippen LogP contribution in [0.5, 0.6) is 0 Å². The SMILES string of the molecule is OC[C@H]1O[C@H](c2ccc(-c3cn[nH]n3)cc2)[C@@H](O)[C@@H](O)[C@@H]1O. The molecule has 1 aromatic heterocycles. The molecule has 2 aromatic rings. The third-order valence-corrected chi connectivity index (χ3v) is 3.84. The molecular formula is C14H17N3O5. The maximum absolute atomic E-state index is 10.1. The summed E-state index contributed by atoms with van der Waals surface area (Å²) in [6.07, 6.45) is -4.18. The number of hydrogen-bond donors (Lipinski definition) is 5. The molecule has 0 spiro atoms. The number of benzene rings is 1. The van der Waals surface area contributed by atoms with Crippen LogP contribution in [0.15, 0.2) is 30.5 Å². The topological polar surface area (TPSA) is 132 Å². The van der Waals surface area contributed by atoms with Gasteiger partial charge in [-0.3, -0.25) is 0 Å². The second kappa shape index (κ2) is 6.11. The van der Waals surface area contributed by atoms with Crippen molar-refractivity contribution in [2.75, 3.05) is 6.61 Å². The molecule has 0 aliphatic carbocycles. The minimum atomic E-state index is -1.38. The molecule has 0 saturated carbocycles. The summed E-state index contributed by atoms with van der Waals surface area (Å²) in [6, 6.07) is 7.04. The molecule has 0 radical (unpaired) electrons. The fourth-order valence-corrected chi connectivity index (χ4v) is 2.56. The molecule has 118 valence electrons. The van der Waals surface area contributed by atoms with Gasteiger partial charge in [-0.05, 0) is 5.56 Å². The first kappa shape index (κ1) is 15.1. The smallest absolute Gasteiger partial charge is 0.113 e. The van der Waals surface area contributed by atoms with E-state index in [-0.39, 0.29) is 0 Å². The zero-order valence-electron chi connectivity index (χ0n) is 11.6. The first-order chi connectivity index (χ1) is 10.6. The molecule has 1 fully saturated rings. The molecule has 0 amide bonds. The van der Waals surface area contributed by atoms with Gasteiger partial charge < -0.3 is 25.2 Å². The third-order valence-electron chi connectivity index (χ3n) is 3.84. The monoisotopic (exact) mass is 307 g/mol. The number of aromatic nitrogens is 3. The Hall–Kier alpha value is -1.84. The van der Waals surface area contributed by atoms with Crippen molar-refractivity contribution in [2.24, 2.45) is 0 Å². The molecule has 0 bridgehead atoms. The van der Waals surface area contributed by atoms with Crippen LogP contribution in [-0.2, 0) is 4.74 Å². The summed E-state index contributed by atoms with van der Waals surface area (Å²) in [7, 11) is 0. The van der Waals surface area contributed by atoms with E-state index in [0.717, 1.165) is 5.56 Å². The molecule has 8 heteroatoms. The van der Waals surface area contributed by atoms with Gasteiger partial charge >= 0.3 is 0 Å². The highest BCUT2D eigenvalue weighted by Gasteiger charge is 2.43. The second-order valence-corrected chi connectivity index (χ2v) is 5.23. The van der Waals surface area contributed by atoms with E-state index in [1.165, 1.54) is 0 Å². The van der Waals surface area contributed by atoms with Gasteiger partial charge in [0.05, 0.1) is 12.8 Å². The number of hydrogen-bond acceptors (Lipinski definition) is 7. The van der Waals surface area contributed by atoms with Crippen molar-refractivity contribution in [3.8, 4) is 11.3 Å². The van der Waals surface area contributed by atoms with E-state index in [4.69, 9.17) is 4.74 Å². The molecule has 1 aliphatic heterocycles. The molecular weight excluding hydrogens is 290 g/mol. The van der Waals surface area contributed by atoms with Crippen LogP contribution < -0.4 is 0 Å². The van der Waals surface area contributed by atoms with Crippen LogP contribution in [-0.4, -0.2) is 66.9 Å². The van der Waals surface area contributed by atoms with Crippen molar-refractivity contribution in [3.63, 3.8) is 0 Å². The van der Waals surface area contributed by atoms with Gasteiger partial charge in [0.2, 0.25) is 0 Å². The van der Waals surface area contributed by atoms with Crippen molar-refractivity contribution in [1.29, 1.82) is 0 Å². The highest BCUT2D eigenvalue weighted by molar-refractivity contribution is 5.57. The van der Waals surface area contributed by atoms with Crippen LogP contribution in [0, 0.1) is 0 Å². The molecule has 1 aromatic carbocycles. The molecule has 8 nitrogen and oxygen atoms in total. The zero-order valence-corrected chi connectivity index (χ0v) is 11.6. The Kier molecular flexibility index (Phi) is 4.19. The van der Waals surface area contributed by atoms with Crippen LogP contribution in [0.2, 0.25) is 0 Å². The maximum atomic E-state index is 10.1. The van der Waals surface area contributed by atoms with E-state index in [0.29, 0.717) is 11.3 Å². The van der Waals surface area contributed by atoms with E-state index in [1.807, 2.05) is 0 Å². The lowest BCUT2D eigenvalue weighted by molar-refractivity contribution is -0.231. The van der Waals surface area contributed by atoms with Crippen LogP contribution in [0.3, 0.4) is 0 Å². The largest absolute Gasteiger partial charge is 0.394 e. The Bertz CT molecular complexity index is 601. The highest BCUT2D eigenvalue weighted by atomic mass is 16.5. The molecule has 5 atom stereocenters. The standard InChI is InChI=1S/C14H17N3O5/c18-6-10-11(19)12(20)13(21)14(22-10)8-3-1-7(2-4-8)9-5-15-17-16-9/h1-5,10-14,18-21H,6H2,(H,15,16,17)/t10-,11-,12+,13+,14-/m1/s1. The van der Waals surface area contributed by atoms with Crippen LogP contribution >= 0.6 is 0 Å². The summed E-state index contributed by atoms with van der Waals surface area (Å²) in [4.78, 5) is 0. The number of H-pyrrole nitrogens is 1.